The van der Waals surface area contributed by atoms with Gasteiger partial charge in [-0.3, -0.25) is 0 Å². The summed E-state index contributed by atoms with van der Waals surface area (Å²) in [5.74, 6) is -0.682. The Hall–Kier alpha value is -1.18. The maximum Gasteiger partial charge on any atom is 0.338 e. The Morgan fingerprint density at radius 2 is 1.90 bits per heavy atom. The van der Waals surface area contributed by atoms with Crippen LogP contribution in [0.5, 0.6) is 0 Å². The Morgan fingerprint density at radius 1 is 1.25 bits per heavy atom. The molecule has 7 heteroatoms. The molecule has 0 amide bonds. The fraction of sp³-hybridized carbons (Fsp3) is 0.462. The molecule has 1 fully saturated rings. The zero-order valence-electron chi connectivity index (χ0n) is 10.4. The van der Waals surface area contributed by atoms with Crippen LogP contribution in [0.3, 0.4) is 0 Å². The van der Waals surface area contributed by atoms with Crippen molar-refractivity contribution < 1.29 is 29.6 Å². The van der Waals surface area contributed by atoms with Crippen LogP contribution in [0.4, 0.5) is 0 Å². The van der Waals surface area contributed by atoms with E-state index in [4.69, 9.17) is 26.2 Å². The molecule has 20 heavy (non-hydrogen) atoms. The van der Waals surface area contributed by atoms with Gasteiger partial charge < -0.3 is 24.8 Å². The average Bonchev–Trinajstić information content (AvgIpc) is 2.48. The summed E-state index contributed by atoms with van der Waals surface area (Å²) in [6, 6.07) is 8.18. The van der Waals surface area contributed by atoms with Gasteiger partial charge in [0.1, 0.15) is 18.3 Å². The lowest BCUT2D eigenvalue weighted by Crippen LogP contribution is -2.58. The van der Waals surface area contributed by atoms with Crippen LogP contribution in [-0.2, 0) is 9.47 Å². The summed E-state index contributed by atoms with van der Waals surface area (Å²) in [7, 11) is 0. The first-order chi connectivity index (χ1) is 9.54. The van der Waals surface area contributed by atoms with Crippen LogP contribution in [0, 0.1) is 0 Å². The van der Waals surface area contributed by atoms with E-state index >= 15 is 0 Å². The highest BCUT2D eigenvalue weighted by Gasteiger charge is 2.45. The molecule has 0 bridgehead atoms. The highest BCUT2D eigenvalue weighted by Crippen LogP contribution is 2.26. The van der Waals surface area contributed by atoms with Crippen LogP contribution in [0.1, 0.15) is 10.4 Å². The van der Waals surface area contributed by atoms with E-state index in [1.165, 1.54) is 0 Å². The van der Waals surface area contributed by atoms with Crippen LogP contribution in [-0.4, -0.2) is 57.9 Å². The number of hydrogen-bond donors (Lipinski definition) is 3. The van der Waals surface area contributed by atoms with Crippen LogP contribution in [0.15, 0.2) is 30.3 Å². The Balaban J connectivity index is 2.07. The molecule has 0 aliphatic carbocycles. The largest absolute Gasteiger partial charge is 0.452 e. The molecule has 3 N–H and O–H groups in total. The highest BCUT2D eigenvalue weighted by atomic mass is 35.5. The summed E-state index contributed by atoms with van der Waals surface area (Å²) < 4.78 is 10.2. The number of esters is 1. The Labute approximate surface area is 120 Å². The summed E-state index contributed by atoms with van der Waals surface area (Å²) in [4.78, 5) is 11.9. The van der Waals surface area contributed by atoms with E-state index in [1.54, 1.807) is 30.3 Å². The number of benzene rings is 1. The van der Waals surface area contributed by atoms with E-state index in [1.807, 2.05) is 0 Å². The van der Waals surface area contributed by atoms with Crippen LogP contribution < -0.4 is 0 Å². The number of aliphatic hydroxyl groups is 3. The summed E-state index contributed by atoms with van der Waals surface area (Å²) in [5, 5.41) is 28.6. The van der Waals surface area contributed by atoms with Crippen LogP contribution in [0.25, 0.3) is 0 Å². The first-order valence-electron chi connectivity index (χ1n) is 6.07. The normalized spacial score (nSPS) is 33.7. The zero-order chi connectivity index (χ0) is 14.7. The van der Waals surface area contributed by atoms with E-state index < -0.39 is 42.6 Å². The van der Waals surface area contributed by atoms with Gasteiger partial charge in [-0.05, 0) is 12.1 Å². The Kier molecular flexibility index (Phi) is 4.95. The van der Waals surface area contributed by atoms with Gasteiger partial charge in [0, 0.05) is 0 Å². The van der Waals surface area contributed by atoms with Gasteiger partial charge in [-0.15, -0.1) is 0 Å². The van der Waals surface area contributed by atoms with Gasteiger partial charge in [-0.25, -0.2) is 4.79 Å². The Bertz CT molecular complexity index is 453. The molecule has 2 rings (SSSR count). The van der Waals surface area contributed by atoms with Gasteiger partial charge >= 0.3 is 5.97 Å². The molecule has 0 saturated carbocycles. The highest BCUT2D eigenvalue weighted by molar-refractivity contribution is 6.20. The number of ether oxygens (including phenoxy) is 2. The van der Waals surface area contributed by atoms with Crippen LogP contribution in [0.2, 0.25) is 0 Å². The van der Waals surface area contributed by atoms with E-state index in [9.17, 15) is 15.0 Å². The van der Waals surface area contributed by atoms with Gasteiger partial charge in [-0.1, -0.05) is 29.8 Å². The fourth-order valence-corrected chi connectivity index (χ4v) is 2.27. The first-order valence-corrected chi connectivity index (χ1v) is 6.50. The molecule has 5 atom stereocenters. The molecule has 1 aliphatic heterocycles. The third kappa shape index (κ3) is 3.11. The average molecular weight is 303 g/mol. The third-order valence-corrected chi connectivity index (χ3v) is 3.41. The van der Waals surface area contributed by atoms with Crippen molar-refractivity contribution in [3.8, 4) is 0 Å². The molecule has 110 valence electrons. The zero-order valence-corrected chi connectivity index (χ0v) is 11.2. The van der Waals surface area contributed by atoms with Crippen molar-refractivity contribution in [1.29, 1.82) is 0 Å². The molecule has 1 aromatic rings. The lowest BCUT2D eigenvalue weighted by Gasteiger charge is -2.39. The van der Waals surface area contributed by atoms with Crippen molar-refractivity contribution in [2.45, 2.75) is 30.0 Å². The molecule has 1 saturated heterocycles. The number of carbonyl (C=O) groups excluding carboxylic acids is 1. The number of hydrogen-bond acceptors (Lipinski definition) is 6. The van der Waals surface area contributed by atoms with Gasteiger partial charge in [0.05, 0.1) is 12.2 Å². The van der Waals surface area contributed by atoms with E-state index in [-0.39, 0.29) is 0 Å². The van der Waals surface area contributed by atoms with Crippen molar-refractivity contribution in [2.75, 3.05) is 6.61 Å². The second-order valence-electron chi connectivity index (χ2n) is 4.43. The first kappa shape index (κ1) is 15.2. The second kappa shape index (κ2) is 6.51. The van der Waals surface area contributed by atoms with E-state index in [0.717, 1.165) is 0 Å². The summed E-state index contributed by atoms with van der Waals surface area (Å²) in [6.45, 7) is -0.499. The van der Waals surface area contributed by atoms with E-state index in [2.05, 4.69) is 0 Å². The summed E-state index contributed by atoms with van der Waals surface area (Å²) in [6.07, 6.45) is -5.05. The maximum atomic E-state index is 11.9. The van der Waals surface area contributed by atoms with E-state index in [0.29, 0.717) is 5.56 Å². The number of alkyl halides is 1. The molecule has 1 aliphatic rings. The molecule has 1 aromatic carbocycles. The smallest absolute Gasteiger partial charge is 0.338 e. The minimum Gasteiger partial charge on any atom is -0.452 e. The van der Waals surface area contributed by atoms with Gasteiger partial charge in [-0.2, -0.15) is 0 Å². The minimum atomic E-state index is -1.43. The second-order valence-corrected chi connectivity index (χ2v) is 4.86. The van der Waals surface area contributed by atoms with Crippen molar-refractivity contribution in [2.24, 2.45) is 0 Å². The standard InChI is InChI=1S/C13H15ClO6/c14-12-11(10(17)9(16)8(6-15)19-12)20-13(18)7-4-2-1-3-5-7/h1-5,8-12,15-17H,6H2/t8-,9-,10+,11+,12-/m1/s1. The summed E-state index contributed by atoms with van der Waals surface area (Å²) >= 11 is 5.87. The minimum absolute atomic E-state index is 0.294. The molecular weight excluding hydrogens is 288 g/mol. The molecule has 6 nitrogen and oxygen atoms in total. The quantitative estimate of drug-likeness (QED) is 0.532. The SMILES string of the molecule is O=C(O[C@H]1[C@@H](O)[C@H](O)[C@@H](CO)O[C@H]1Cl)c1ccccc1. The molecule has 0 aromatic heterocycles. The lowest BCUT2D eigenvalue weighted by molar-refractivity contribution is -0.208. The fourth-order valence-electron chi connectivity index (χ4n) is 1.93. The van der Waals surface area contributed by atoms with Gasteiger partial charge in [0.15, 0.2) is 11.7 Å². The number of aliphatic hydroxyl groups excluding tert-OH is 3. The molecule has 0 unspecified atom stereocenters. The maximum absolute atomic E-state index is 11.9. The number of halogens is 1. The van der Waals surface area contributed by atoms with Crippen molar-refractivity contribution in [1.82, 2.24) is 0 Å². The van der Waals surface area contributed by atoms with Gasteiger partial charge in [0.25, 0.3) is 0 Å². The molecule has 1 heterocycles. The van der Waals surface area contributed by atoms with Crippen molar-refractivity contribution in [3.05, 3.63) is 35.9 Å². The Morgan fingerprint density at radius 3 is 2.50 bits per heavy atom. The lowest BCUT2D eigenvalue weighted by atomic mass is 10.00. The number of carbonyl (C=O) groups is 1. The summed E-state index contributed by atoms with van der Waals surface area (Å²) in [5.41, 5.74) is -0.861. The monoisotopic (exact) mass is 302 g/mol. The molecule has 0 spiro atoms. The third-order valence-electron chi connectivity index (χ3n) is 3.06. The topological polar surface area (TPSA) is 96.2 Å². The van der Waals surface area contributed by atoms with Crippen molar-refractivity contribution >= 4 is 17.6 Å². The van der Waals surface area contributed by atoms with Crippen molar-refractivity contribution in [3.63, 3.8) is 0 Å². The predicted octanol–water partition coefficient (Wildman–Crippen LogP) is -0.110. The number of rotatable bonds is 3. The van der Waals surface area contributed by atoms with Gasteiger partial charge in [0.2, 0.25) is 0 Å². The molecule has 0 radical (unpaired) electrons. The van der Waals surface area contributed by atoms with Crippen LogP contribution >= 0.6 is 11.6 Å². The predicted molar refractivity (Wildman–Crippen MR) is 69.3 cm³/mol. The molecular formula is C13H15ClO6.